The highest BCUT2D eigenvalue weighted by atomic mass is 31.2. The molecule has 0 aliphatic heterocycles. The normalized spacial score (nSPS) is 16.2. The molecule has 0 fully saturated rings. The summed E-state index contributed by atoms with van der Waals surface area (Å²) in [7, 11) is -2.28. The smallest absolute Gasteiger partial charge is 0.111 e. The lowest BCUT2D eigenvalue weighted by Gasteiger charge is -2.13. The summed E-state index contributed by atoms with van der Waals surface area (Å²) in [5.74, 6) is 0. The van der Waals surface area contributed by atoms with Crippen molar-refractivity contribution in [1.29, 1.82) is 0 Å². The molecule has 0 radical (unpaired) electrons. The monoisotopic (exact) mass is 235 g/mol. The molecule has 3 heteroatoms. The van der Waals surface area contributed by atoms with E-state index in [9.17, 15) is 4.57 Å². The minimum Gasteiger partial charge on any atom is -0.398 e. The standard InChI is InChI=1S/C13H18NOP/c1-16(2,15)13-9-11(7-8-12(13)14)10-5-3-4-6-10/h5,7-9H,3-4,6,14H2,1-2H3. The van der Waals surface area contributed by atoms with E-state index in [1.807, 2.05) is 18.2 Å². The van der Waals surface area contributed by atoms with E-state index >= 15 is 0 Å². The van der Waals surface area contributed by atoms with E-state index in [0.29, 0.717) is 5.69 Å². The van der Waals surface area contributed by atoms with Gasteiger partial charge in [0.1, 0.15) is 7.14 Å². The highest BCUT2D eigenvalue weighted by Gasteiger charge is 2.16. The van der Waals surface area contributed by atoms with Gasteiger partial charge in [0.05, 0.1) is 0 Å². The van der Waals surface area contributed by atoms with Crippen LogP contribution in [0.25, 0.3) is 5.57 Å². The van der Waals surface area contributed by atoms with Gasteiger partial charge in [0.15, 0.2) is 0 Å². The van der Waals surface area contributed by atoms with E-state index in [4.69, 9.17) is 5.73 Å². The number of hydrogen-bond acceptors (Lipinski definition) is 2. The van der Waals surface area contributed by atoms with Gasteiger partial charge < -0.3 is 10.3 Å². The maximum absolute atomic E-state index is 12.1. The molecule has 0 saturated heterocycles. The fourth-order valence-corrected chi connectivity index (χ4v) is 3.29. The van der Waals surface area contributed by atoms with Crippen molar-refractivity contribution in [3.8, 4) is 0 Å². The van der Waals surface area contributed by atoms with E-state index in [2.05, 4.69) is 6.08 Å². The quantitative estimate of drug-likeness (QED) is 0.632. The first-order valence-corrected chi connectivity index (χ1v) is 8.23. The fourth-order valence-electron chi connectivity index (χ4n) is 2.14. The van der Waals surface area contributed by atoms with Gasteiger partial charge in [-0.25, -0.2) is 0 Å². The van der Waals surface area contributed by atoms with E-state index in [1.165, 1.54) is 17.6 Å². The summed E-state index contributed by atoms with van der Waals surface area (Å²) in [6, 6.07) is 5.92. The fraction of sp³-hybridized carbons (Fsp3) is 0.385. The molecule has 0 saturated carbocycles. The average Bonchev–Trinajstić information content (AvgIpc) is 2.69. The summed E-state index contributed by atoms with van der Waals surface area (Å²) >= 11 is 0. The molecule has 2 nitrogen and oxygen atoms in total. The lowest BCUT2D eigenvalue weighted by Crippen LogP contribution is -2.10. The summed E-state index contributed by atoms with van der Waals surface area (Å²) in [6.45, 7) is 3.54. The molecule has 1 aromatic carbocycles. The minimum absolute atomic E-state index is 0.649. The van der Waals surface area contributed by atoms with Crippen molar-refractivity contribution >= 4 is 23.7 Å². The number of hydrogen-bond donors (Lipinski definition) is 1. The van der Waals surface area contributed by atoms with Crippen molar-refractivity contribution in [2.75, 3.05) is 19.1 Å². The van der Waals surface area contributed by atoms with Gasteiger partial charge in [-0.15, -0.1) is 0 Å². The third-order valence-electron chi connectivity index (χ3n) is 3.02. The number of nitrogens with two attached hydrogens (primary N) is 1. The zero-order chi connectivity index (χ0) is 11.8. The summed E-state index contributed by atoms with van der Waals surface area (Å²) < 4.78 is 12.1. The lowest BCUT2D eigenvalue weighted by atomic mass is 10.1. The van der Waals surface area contributed by atoms with Crippen LogP contribution in [0, 0.1) is 0 Å². The summed E-state index contributed by atoms with van der Waals surface area (Å²) in [4.78, 5) is 0. The first kappa shape index (κ1) is 11.5. The van der Waals surface area contributed by atoms with Crippen LogP contribution in [0.15, 0.2) is 24.3 Å². The topological polar surface area (TPSA) is 43.1 Å². The van der Waals surface area contributed by atoms with Gasteiger partial charge in [-0.2, -0.15) is 0 Å². The molecular formula is C13H18NOP. The van der Waals surface area contributed by atoms with Crippen molar-refractivity contribution in [3.63, 3.8) is 0 Å². The predicted octanol–water partition coefficient (Wildman–Crippen LogP) is 3.08. The Labute approximate surface area is 96.9 Å². The SMILES string of the molecule is CP(C)(=O)c1cc(C2=CCCC2)ccc1N. The number of nitrogen functional groups attached to an aromatic ring is 1. The lowest BCUT2D eigenvalue weighted by molar-refractivity contribution is 0.588. The highest BCUT2D eigenvalue weighted by Crippen LogP contribution is 2.38. The van der Waals surface area contributed by atoms with Gasteiger partial charge in [-0.05, 0) is 55.9 Å². The van der Waals surface area contributed by atoms with Crippen LogP contribution in [-0.2, 0) is 4.57 Å². The molecule has 1 aromatic rings. The molecule has 0 heterocycles. The molecule has 1 aliphatic rings. The third-order valence-corrected chi connectivity index (χ3v) is 4.57. The molecule has 0 unspecified atom stereocenters. The molecule has 2 rings (SSSR count). The molecule has 1 aliphatic carbocycles. The zero-order valence-corrected chi connectivity index (χ0v) is 10.8. The van der Waals surface area contributed by atoms with Crippen molar-refractivity contribution in [2.45, 2.75) is 19.3 Å². The Morgan fingerprint density at radius 2 is 2.06 bits per heavy atom. The van der Waals surface area contributed by atoms with E-state index in [1.54, 1.807) is 13.3 Å². The second-order valence-electron chi connectivity index (χ2n) is 4.75. The average molecular weight is 235 g/mol. The first-order chi connectivity index (χ1) is 7.48. The van der Waals surface area contributed by atoms with Crippen molar-refractivity contribution in [2.24, 2.45) is 0 Å². The molecule has 0 spiro atoms. The second kappa shape index (κ2) is 4.10. The van der Waals surface area contributed by atoms with Gasteiger partial charge >= 0.3 is 0 Å². The van der Waals surface area contributed by atoms with Crippen molar-refractivity contribution in [3.05, 3.63) is 29.8 Å². The van der Waals surface area contributed by atoms with Crippen LogP contribution in [0.5, 0.6) is 0 Å². The van der Waals surface area contributed by atoms with Gasteiger partial charge in [0, 0.05) is 11.0 Å². The number of benzene rings is 1. The Balaban J connectivity index is 2.47. The molecule has 16 heavy (non-hydrogen) atoms. The summed E-state index contributed by atoms with van der Waals surface area (Å²) in [5, 5.41) is 0.817. The summed E-state index contributed by atoms with van der Waals surface area (Å²) in [5.41, 5.74) is 9.09. The van der Waals surface area contributed by atoms with E-state index < -0.39 is 7.14 Å². The van der Waals surface area contributed by atoms with Crippen LogP contribution < -0.4 is 11.0 Å². The Morgan fingerprint density at radius 3 is 2.62 bits per heavy atom. The minimum atomic E-state index is -2.28. The molecule has 0 aromatic heterocycles. The van der Waals surface area contributed by atoms with Crippen LogP contribution in [0.3, 0.4) is 0 Å². The third kappa shape index (κ3) is 2.22. The Hall–Kier alpha value is -1.01. The summed E-state index contributed by atoms with van der Waals surface area (Å²) in [6.07, 6.45) is 5.78. The van der Waals surface area contributed by atoms with E-state index in [0.717, 1.165) is 18.1 Å². The number of allylic oxidation sites excluding steroid dienone is 2. The molecule has 0 bridgehead atoms. The molecule has 86 valence electrons. The van der Waals surface area contributed by atoms with Gasteiger partial charge in [0.25, 0.3) is 0 Å². The van der Waals surface area contributed by atoms with Crippen molar-refractivity contribution in [1.82, 2.24) is 0 Å². The van der Waals surface area contributed by atoms with Crippen molar-refractivity contribution < 1.29 is 4.57 Å². The largest absolute Gasteiger partial charge is 0.398 e. The second-order valence-corrected chi connectivity index (χ2v) is 7.93. The predicted molar refractivity (Wildman–Crippen MR) is 71.8 cm³/mol. The van der Waals surface area contributed by atoms with Crippen LogP contribution in [0.1, 0.15) is 24.8 Å². The molecule has 2 N–H and O–H groups in total. The Morgan fingerprint density at radius 1 is 1.31 bits per heavy atom. The molecular weight excluding hydrogens is 217 g/mol. The zero-order valence-electron chi connectivity index (χ0n) is 9.86. The van der Waals surface area contributed by atoms with E-state index in [-0.39, 0.29) is 0 Å². The highest BCUT2D eigenvalue weighted by molar-refractivity contribution is 7.70. The first-order valence-electron chi connectivity index (χ1n) is 5.63. The van der Waals surface area contributed by atoms with Gasteiger partial charge in [-0.3, -0.25) is 0 Å². The van der Waals surface area contributed by atoms with Crippen LogP contribution in [0.4, 0.5) is 5.69 Å². The molecule has 0 amide bonds. The van der Waals surface area contributed by atoms with Crippen LogP contribution >= 0.6 is 7.14 Å². The number of rotatable bonds is 2. The Kier molecular flexibility index (Phi) is 2.94. The van der Waals surface area contributed by atoms with Crippen LogP contribution in [0.2, 0.25) is 0 Å². The maximum Gasteiger partial charge on any atom is 0.111 e. The maximum atomic E-state index is 12.1. The van der Waals surface area contributed by atoms with Gasteiger partial charge in [-0.1, -0.05) is 12.1 Å². The van der Waals surface area contributed by atoms with Gasteiger partial charge in [0.2, 0.25) is 0 Å². The van der Waals surface area contributed by atoms with Crippen LogP contribution in [-0.4, -0.2) is 13.3 Å². The number of anilines is 1. The Bertz CT molecular complexity index is 485. The molecule has 0 atom stereocenters.